The summed E-state index contributed by atoms with van der Waals surface area (Å²) in [6, 6.07) is 3.35. The molecule has 0 saturated heterocycles. The maximum Gasteiger partial charge on any atom is 0.454 e. The van der Waals surface area contributed by atoms with E-state index in [2.05, 4.69) is 4.99 Å². The van der Waals surface area contributed by atoms with Gasteiger partial charge in [-0.3, -0.25) is 4.79 Å². The SMILES string of the molecule is NC(CCl)=Nc1ccc(Cl)cc1C(=O)C(F)(F)F. The van der Waals surface area contributed by atoms with Crippen molar-refractivity contribution in [2.24, 2.45) is 10.7 Å². The molecule has 0 amide bonds. The minimum atomic E-state index is -5.01. The topological polar surface area (TPSA) is 55.4 Å². The van der Waals surface area contributed by atoms with Gasteiger partial charge in [0.1, 0.15) is 5.84 Å². The van der Waals surface area contributed by atoms with E-state index in [1.807, 2.05) is 0 Å². The second kappa shape index (κ2) is 5.58. The molecule has 2 N–H and O–H groups in total. The molecule has 1 rings (SSSR count). The summed E-state index contributed by atoms with van der Waals surface area (Å²) in [5.74, 6) is -2.30. The summed E-state index contributed by atoms with van der Waals surface area (Å²) in [7, 11) is 0. The van der Waals surface area contributed by atoms with Gasteiger partial charge in [-0.1, -0.05) is 11.6 Å². The van der Waals surface area contributed by atoms with Crippen molar-refractivity contribution in [3.63, 3.8) is 0 Å². The zero-order chi connectivity index (χ0) is 13.9. The highest BCUT2D eigenvalue weighted by Crippen LogP contribution is 2.30. The molecule has 8 heteroatoms. The van der Waals surface area contributed by atoms with Gasteiger partial charge < -0.3 is 5.73 Å². The lowest BCUT2D eigenvalue weighted by Crippen LogP contribution is -2.23. The Morgan fingerprint density at radius 2 is 2.00 bits per heavy atom. The van der Waals surface area contributed by atoms with E-state index in [0.717, 1.165) is 6.07 Å². The smallest absolute Gasteiger partial charge is 0.386 e. The highest BCUT2D eigenvalue weighted by molar-refractivity contribution is 6.31. The zero-order valence-corrected chi connectivity index (χ0v) is 10.3. The number of halogens is 5. The molecule has 1 aromatic rings. The Labute approximate surface area is 110 Å². The summed E-state index contributed by atoms with van der Waals surface area (Å²) >= 11 is 10.9. The van der Waals surface area contributed by atoms with Gasteiger partial charge in [-0.15, -0.1) is 11.6 Å². The number of carbonyl (C=O) groups is 1. The lowest BCUT2D eigenvalue weighted by Gasteiger charge is -2.08. The normalized spacial score (nSPS) is 12.6. The summed E-state index contributed by atoms with van der Waals surface area (Å²) in [4.78, 5) is 14.8. The first kappa shape index (κ1) is 14.8. The zero-order valence-electron chi connectivity index (χ0n) is 8.76. The van der Waals surface area contributed by atoms with Crippen molar-refractivity contribution in [3.05, 3.63) is 28.8 Å². The van der Waals surface area contributed by atoms with Crippen LogP contribution in [0.3, 0.4) is 0 Å². The maximum atomic E-state index is 12.4. The summed E-state index contributed by atoms with van der Waals surface area (Å²) in [6.45, 7) is 0. The second-order valence-corrected chi connectivity index (χ2v) is 3.93. The van der Waals surface area contributed by atoms with Crippen molar-refractivity contribution in [1.82, 2.24) is 0 Å². The molecular formula is C10H7Cl2F3N2O. The van der Waals surface area contributed by atoms with Gasteiger partial charge in [0.2, 0.25) is 0 Å². The molecule has 0 aliphatic rings. The minimum absolute atomic E-state index is 0.00834. The third-order valence-corrected chi connectivity index (χ3v) is 2.37. The monoisotopic (exact) mass is 298 g/mol. The molecule has 0 bridgehead atoms. The molecule has 1 aromatic carbocycles. The third-order valence-electron chi connectivity index (χ3n) is 1.86. The lowest BCUT2D eigenvalue weighted by atomic mass is 10.1. The predicted molar refractivity (Wildman–Crippen MR) is 63.8 cm³/mol. The van der Waals surface area contributed by atoms with E-state index in [9.17, 15) is 18.0 Å². The van der Waals surface area contributed by atoms with E-state index in [4.69, 9.17) is 28.9 Å². The van der Waals surface area contributed by atoms with Crippen LogP contribution in [0.4, 0.5) is 18.9 Å². The molecule has 3 nitrogen and oxygen atoms in total. The van der Waals surface area contributed by atoms with Gasteiger partial charge in [-0.25, -0.2) is 4.99 Å². The lowest BCUT2D eigenvalue weighted by molar-refractivity contribution is -0.0884. The number of hydrogen-bond acceptors (Lipinski definition) is 2. The number of alkyl halides is 4. The summed E-state index contributed by atoms with van der Waals surface area (Å²) in [5, 5.41) is -0.00834. The van der Waals surface area contributed by atoms with E-state index in [1.165, 1.54) is 12.1 Å². The first-order valence-corrected chi connectivity index (χ1v) is 5.47. The van der Waals surface area contributed by atoms with Gasteiger partial charge in [0, 0.05) is 5.02 Å². The Morgan fingerprint density at radius 1 is 1.39 bits per heavy atom. The molecular weight excluding hydrogens is 292 g/mol. The van der Waals surface area contributed by atoms with Crippen LogP contribution in [-0.2, 0) is 0 Å². The van der Waals surface area contributed by atoms with Crippen LogP contribution in [0.2, 0.25) is 5.02 Å². The number of nitrogens with zero attached hydrogens (tertiary/aromatic N) is 1. The van der Waals surface area contributed by atoms with Crippen molar-refractivity contribution < 1.29 is 18.0 Å². The number of Topliss-reactive ketones (excluding diaryl/α,β-unsaturated/α-hetero) is 1. The molecule has 0 aromatic heterocycles. The Hall–Kier alpha value is -1.27. The fourth-order valence-electron chi connectivity index (χ4n) is 1.12. The largest absolute Gasteiger partial charge is 0.454 e. The van der Waals surface area contributed by atoms with Gasteiger partial charge in [0.25, 0.3) is 5.78 Å². The van der Waals surface area contributed by atoms with Crippen LogP contribution in [0, 0.1) is 0 Å². The fourth-order valence-corrected chi connectivity index (χ4v) is 1.36. The van der Waals surface area contributed by atoms with Crippen molar-refractivity contribution in [2.75, 3.05) is 5.88 Å². The number of rotatable bonds is 3. The third kappa shape index (κ3) is 3.61. The van der Waals surface area contributed by atoms with Crippen LogP contribution in [0.25, 0.3) is 0 Å². The van der Waals surface area contributed by atoms with E-state index in [0.29, 0.717) is 0 Å². The predicted octanol–water partition coefficient (Wildman–Crippen LogP) is 3.31. The molecule has 0 aliphatic heterocycles. The van der Waals surface area contributed by atoms with Crippen LogP contribution in [0.5, 0.6) is 0 Å². The van der Waals surface area contributed by atoms with Gasteiger partial charge in [0.05, 0.1) is 17.1 Å². The molecule has 0 spiro atoms. The summed E-state index contributed by atoms with van der Waals surface area (Å²) in [5.41, 5.74) is 4.43. The minimum Gasteiger partial charge on any atom is -0.386 e. The van der Waals surface area contributed by atoms with Crippen LogP contribution in [-0.4, -0.2) is 23.7 Å². The second-order valence-electron chi connectivity index (χ2n) is 3.23. The van der Waals surface area contributed by atoms with Gasteiger partial charge in [-0.05, 0) is 18.2 Å². The molecule has 0 unspecified atom stereocenters. The highest BCUT2D eigenvalue weighted by atomic mass is 35.5. The van der Waals surface area contributed by atoms with E-state index >= 15 is 0 Å². The summed E-state index contributed by atoms with van der Waals surface area (Å²) in [6.07, 6.45) is -5.01. The molecule has 0 aliphatic carbocycles. The maximum absolute atomic E-state index is 12.4. The van der Waals surface area contributed by atoms with E-state index < -0.39 is 17.5 Å². The fraction of sp³-hybridized carbons (Fsp3) is 0.200. The summed E-state index contributed by atoms with van der Waals surface area (Å²) < 4.78 is 37.1. The number of nitrogens with two attached hydrogens (primary N) is 1. The quantitative estimate of drug-likeness (QED) is 0.403. The number of aliphatic imine (C=N–C) groups is 1. The molecule has 18 heavy (non-hydrogen) atoms. The van der Waals surface area contributed by atoms with Crippen LogP contribution in [0.15, 0.2) is 23.2 Å². The number of amidine groups is 1. The van der Waals surface area contributed by atoms with Gasteiger partial charge in [-0.2, -0.15) is 13.2 Å². The first-order chi connectivity index (χ1) is 8.25. The van der Waals surface area contributed by atoms with Crippen molar-refractivity contribution >= 4 is 40.5 Å². The van der Waals surface area contributed by atoms with Crippen LogP contribution < -0.4 is 5.73 Å². The van der Waals surface area contributed by atoms with Crippen LogP contribution in [0.1, 0.15) is 10.4 Å². The number of carbonyl (C=O) groups excluding carboxylic acids is 1. The molecule has 0 heterocycles. The van der Waals surface area contributed by atoms with Crippen molar-refractivity contribution in [3.8, 4) is 0 Å². The first-order valence-electron chi connectivity index (χ1n) is 4.55. The highest BCUT2D eigenvalue weighted by Gasteiger charge is 2.40. The van der Waals surface area contributed by atoms with E-state index in [-0.39, 0.29) is 22.4 Å². The average Bonchev–Trinajstić information content (AvgIpc) is 2.29. The number of benzene rings is 1. The van der Waals surface area contributed by atoms with Gasteiger partial charge in [0.15, 0.2) is 0 Å². The molecule has 0 atom stereocenters. The number of ketones is 1. The standard InChI is InChI=1S/C10H7Cl2F3N2O/c11-4-8(16)17-7-2-1-5(12)3-6(7)9(18)10(13,14)15/h1-3H,4H2,(H2,16,17). The van der Waals surface area contributed by atoms with Gasteiger partial charge >= 0.3 is 6.18 Å². The number of hydrogen-bond donors (Lipinski definition) is 1. The Kier molecular flexibility index (Phi) is 4.59. The molecule has 0 saturated carbocycles. The van der Waals surface area contributed by atoms with Crippen molar-refractivity contribution in [1.29, 1.82) is 0 Å². The molecule has 98 valence electrons. The Morgan fingerprint density at radius 3 is 2.50 bits per heavy atom. The Bertz CT molecular complexity index is 500. The van der Waals surface area contributed by atoms with Crippen LogP contribution >= 0.6 is 23.2 Å². The Balaban J connectivity index is 3.33. The molecule has 0 radical (unpaired) electrons. The molecule has 0 fully saturated rings. The van der Waals surface area contributed by atoms with E-state index in [1.54, 1.807) is 0 Å². The van der Waals surface area contributed by atoms with Crippen molar-refractivity contribution in [2.45, 2.75) is 6.18 Å². The average molecular weight is 299 g/mol.